The lowest BCUT2D eigenvalue weighted by molar-refractivity contribution is -0.122. The van der Waals surface area contributed by atoms with Crippen LogP contribution in [-0.4, -0.2) is 38.8 Å². The maximum atomic E-state index is 11.1. The average Bonchev–Trinajstić information content (AvgIpc) is 2.10. The van der Waals surface area contributed by atoms with Crippen molar-refractivity contribution >= 4 is 5.91 Å². The van der Waals surface area contributed by atoms with Crippen LogP contribution in [0.2, 0.25) is 0 Å². The maximum Gasteiger partial charge on any atom is 0.236 e. The van der Waals surface area contributed by atoms with Gasteiger partial charge in [0.15, 0.2) is 0 Å². The molecule has 0 saturated carbocycles. The third kappa shape index (κ3) is 5.09. The Morgan fingerprint density at radius 3 is 2.75 bits per heavy atom. The van der Waals surface area contributed by atoms with Crippen LogP contribution < -0.4 is 10.6 Å². The Morgan fingerprint density at radius 2 is 2.25 bits per heavy atom. The molecule has 0 aliphatic carbocycles. The minimum absolute atomic E-state index is 0.0113. The maximum absolute atomic E-state index is 11.1. The van der Waals surface area contributed by atoms with Gasteiger partial charge < -0.3 is 15.4 Å². The molecule has 1 atom stereocenters. The summed E-state index contributed by atoms with van der Waals surface area (Å²) in [6.45, 7) is 5.60. The highest BCUT2D eigenvalue weighted by molar-refractivity contribution is 5.81. The van der Waals surface area contributed by atoms with E-state index < -0.39 is 0 Å². The van der Waals surface area contributed by atoms with Gasteiger partial charge in [0.2, 0.25) is 5.91 Å². The fourth-order valence-corrected chi connectivity index (χ4v) is 0.675. The van der Waals surface area contributed by atoms with Crippen molar-refractivity contribution in [3.8, 4) is 0 Å². The number of hydrogen-bond acceptors (Lipinski definition) is 3. The summed E-state index contributed by atoms with van der Waals surface area (Å²) in [7, 11) is 1.76. The fourth-order valence-electron chi connectivity index (χ4n) is 0.675. The van der Waals surface area contributed by atoms with E-state index in [1.165, 1.54) is 0 Å². The largest absolute Gasteiger partial charge is 0.380 e. The van der Waals surface area contributed by atoms with Crippen LogP contribution >= 0.6 is 0 Å². The van der Waals surface area contributed by atoms with Crippen LogP contribution in [0.25, 0.3) is 0 Å². The van der Waals surface area contributed by atoms with E-state index in [0.717, 1.165) is 0 Å². The summed E-state index contributed by atoms with van der Waals surface area (Å²) in [4.78, 5) is 11.1. The van der Waals surface area contributed by atoms with E-state index in [9.17, 15) is 4.79 Å². The average molecular weight is 174 g/mol. The predicted octanol–water partition coefficient (Wildman–Crippen LogP) is -0.253. The molecule has 0 aliphatic heterocycles. The first kappa shape index (κ1) is 11.4. The fraction of sp³-hybridized carbons (Fsp3) is 0.875. The quantitative estimate of drug-likeness (QED) is 0.546. The van der Waals surface area contributed by atoms with Crippen molar-refractivity contribution in [1.29, 1.82) is 0 Å². The molecule has 1 unspecified atom stereocenters. The Morgan fingerprint density at radius 1 is 1.58 bits per heavy atom. The SMILES string of the molecule is CCOCCNC(=O)C(C)NC. The van der Waals surface area contributed by atoms with Gasteiger partial charge in [-0.05, 0) is 20.9 Å². The first-order chi connectivity index (χ1) is 5.72. The van der Waals surface area contributed by atoms with Gasteiger partial charge in [0.1, 0.15) is 0 Å². The van der Waals surface area contributed by atoms with Gasteiger partial charge >= 0.3 is 0 Å². The summed E-state index contributed by atoms with van der Waals surface area (Å²) in [5, 5.41) is 5.59. The molecule has 0 aromatic heterocycles. The zero-order valence-corrected chi connectivity index (χ0v) is 8.02. The Kier molecular flexibility index (Phi) is 6.70. The molecule has 4 nitrogen and oxygen atoms in total. The first-order valence-corrected chi connectivity index (χ1v) is 4.25. The molecule has 12 heavy (non-hydrogen) atoms. The molecule has 0 saturated heterocycles. The Hall–Kier alpha value is -0.610. The van der Waals surface area contributed by atoms with Gasteiger partial charge in [0, 0.05) is 13.2 Å². The van der Waals surface area contributed by atoms with Gasteiger partial charge in [0.05, 0.1) is 12.6 Å². The monoisotopic (exact) mass is 174 g/mol. The predicted molar refractivity (Wildman–Crippen MR) is 48.0 cm³/mol. The molecule has 0 aliphatic rings. The molecule has 1 amide bonds. The molecule has 2 N–H and O–H groups in total. The van der Waals surface area contributed by atoms with E-state index in [4.69, 9.17) is 4.74 Å². The summed E-state index contributed by atoms with van der Waals surface area (Å²) < 4.78 is 5.06. The van der Waals surface area contributed by atoms with E-state index >= 15 is 0 Å². The zero-order chi connectivity index (χ0) is 9.40. The summed E-state index contributed by atoms with van der Waals surface area (Å²) in [6, 6.07) is -0.133. The van der Waals surface area contributed by atoms with E-state index in [1.54, 1.807) is 7.05 Å². The van der Waals surface area contributed by atoms with Gasteiger partial charge in [-0.3, -0.25) is 4.79 Å². The van der Waals surface area contributed by atoms with Crippen LogP contribution in [0.4, 0.5) is 0 Å². The second kappa shape index (κ2) is 7.06. The minimum atomic E-state index is -0.133. The molecular formula is C8H18N2O2. The topological polar surface area (TPSA) is 50.4 Å². The molecule has 0 bridgehead atoms. The molecule has 0 fully saturated rings. The molecule has 0 radical (unpaired) electrons. The number of carbonyl (C=O) groups excluding carboxylic acids is 1. The van der Waals surface area contributed by atoms with Crippen LogP contribution in [0.15, 0.2) is 0 Å². The molecule has 0 aromatic rings. The molecule has 0 rings (SSSR count). The third-order valence-corrected chi connectivity index (χ3v) is 1.58. The molecule has 72 valence electrons. The number of amides is 1. The van der Waals surface area contributed by atoms with Gasteiger partial charge in [-0.15, -0.1) is 0 Å². The second-order valence-corrected chi connectivity index (χ2v) is 2.50. The van der Waals surface area contributed by atoms with E-state index in [0.29, 0.717) is 19.8 Å². The van der Waals surface area contributed by atoms with Crippen LogP contribution in [0.1, 0.15) is 13.8 Å². The Bertz CT molecular complexity index is 128. The highest BCUT2D eigenvalue weighted by Crippen LogP contribution is 1.79. The third-order valence-electron chi connectivity index (χ3n) is 1.58. The number of ether oxygens (including phenoxy) is 1. The summed E-state index contributed by atoms with van der Waals surface area (Å²) in [6.07, 6.45) is 0. The van der Waals surface area contributed by atoms with Crippen molar-refractivity contribution in [2.75, 3.05) is 26.8 Å². The molecular weight excluding hydrogens is 156 g/mol. The normalized spacial score (nSPS) is 12.6. The molecule has 4 heteroatoms. The summed E-state index contributed by atoms with van der Waals surface area (Å²) in [5.41, 5.74) is 0. The second-order valence-electron chi connectivity index (χ2n) is 2.50. The lowest BCUT2D eigenvalue weighted by atomic mass is 10.3. The number of hydrogen-bond donors (Lipinski definition) is 2. The lowest BCUT2D eigenvalue weighted by Crippen LogP contribution is -2.41. The standard InChI is InChI=1S/C8H18N2O2/c1-4-12-6-5-10-8(11)7(2)9-3/h7,9H,4-6H2,1-3H3,(H,10,11). The van der Waals surface area contributed by atoms with Crippen molar-refractivity contribution in [2.45, 2.75) is 19.9 Å². The van der Waals surface area contributed by atoms with Crippen LogP contribution in [-0.2, 0) is 9.53 Å². The number of nitrogens with one attached hydrogen (secondary N) is 2. The highest BCUT2D eigenvalue weighted by atomic mass is 16.5. The van der Waals surface area contributed by atoms with E-state index in [-0.39, 0.29) is 11.9 Å². The van der Waals surface area contributed by atoms with Crippen molar-refractivity contribution in [3.63, 3.8) is 0 Å². The molecule has 0 spiro atoms. The van der Waals surface area contributed by atoms with Crippen LogP contribution in [0.3, 0.4) is 0 Å². The highest BCUT2D eigenvalue weighted by Gasteiger charge is 2.07. The summed E-state index contributed by atoms with van der Waals surface area (Å²) >= 11 is 0. The van der Waals surface area contributed by atoms with E-state index in [1.807, 2.05) is 13.8 Å². The van der Waals surface area contributed by atoms with Crippen molar-refractivity contribution < 1.29 is 9.53 Å². The van der Waals surface area contributed by atoms with Crippen molar-refractivity contribution in [1.82, 2.24) is 10.6 Å². The lowest BCUT2D eigenvalue weighted by Gasteiger charge is -2.10. The number of rotatable bonds is 6. The van der Waals surface area contributed by atoms with Crippen molar-refractivity contribution in [2.24, 2.45) is 0 Å². The first-order valence-electron chi connectivity index (χ1n) is 4.25. The van der Waals surface area contributed by atoms with E-state index in [2.05, 4.69) is 10.6 Å². The smallest absolute Gasteiger partial charge is 0.236 e. The van der Waals surface area contributed by atoms with Crippen molar-refractivity contribution in [3.05, 3.63) is 0 Å². The minimum Gasteiger partial charge on any atom is -0.380 e. The van der Waals surface area contributed by atoms with Gasteiger partial charge in [-0.25, -0.2) is 0 Å². The molecule has 0 aromatic carbocycles. The zero-order valence-electron chi connectivity index (χ0n) is 8.02. The van der Waals surface area contributed by atoms with Gasteiger partial charge in [0.25, 0.3) is 0 Å². The Labute approximate surface area is 73.7 Å². The van der Waals surface area contributed by atoms with Gasteiger partial charge in [-0.2, -0.15) is 0 Å². The summed E-state index contributed by atoms with van der Waals surface area (Å²) in [5.74, 6) is 0.0113. The number of carbonyl (C=O) groups is 1. The van der Waals surface area contributed by atoms with Crippen LogP contribution in [0.5, 0.6) is 0 Å². The van der Waals surface area contributed by atoms with Gasteiger partial charge in [-0.1, -0.05) is 0 Å². The molecule has 0 heterocycles. The van der Waals surface area contributed by atoms with Crippen LogP contribution in [0, 0.1) is 0 Å². The Balaban J connectivity index is 3.31. The number of likely N-dealkylation sites (N-methyl/N-ethyl adjacent to an activating group) is 1.